The van der Waals surface area contributed by atoms with Gasteiger partial charge in [-0.05, 0) is 77.8 Å². The first-order valence-corrected chi connectivity index (χ1v) is 34.2. The van der Waals surface area contributed by atoms with E-state index in [1.807, 2.05) is 18.3 Å². The Bertz CT molecular complexity index is 2910. The topological polar surface area (TPSA) is 169 Å². The summed E-state index contributed by atoms with van der Waals surface area (Å²) in [6.07, 6.45) is 4.64. The molecule has 1 fully saturated rings. The molecule has 0 radical (unpaired) electrons. The Hall–Kier alpha value is -6.65. The van der Waals surface area contributed by atoms with Crippen molar-refractivity contribution in [2.24, 2.45) is 0 Å². The largest absolute Gasteiger partial charge is 0.493 e. The van der Waals surface area contributed by atoms with Crippen LogP contribution in [0.1, 0.15) is 51.1 Å². The van der Waals surface area contributed by atoms with E-state index in [0.717, 1.165) is 66.2 Å². The normalized spacial score (nSPS) is 18.8. The summed E-state index contributed by atoms with van der Waals surface area (Å²) in [6.45, 7) is 18.8. The van der Waals surface area contributed by atoms with Crippen molar-refractivity contribution in [3.63, 3.8) is 0 Å². The van der Waals surface area contributed by atoms with Gasteiger partial charge in [-0.25, -0.2) is 0 Å². The van der Waals surface area contributed by atoms with Gasteiger partial charge in [0.15, 0.2) is 23.0 Å². The minimum atomic E-state index is -1.46. The third-order valence-electron chi connectivity index (χ3n) is 14.9. The molecule has 4 amide bonds. The molecule has 410 valence electrons. The average molecular weight is 1090 g/mol. The number of hydrogen-bond acceptors (Lipinski definition) is 13. The molecule has 0 saturated carbocycles. The minimum Gasteiger partial charge on any atom is -0.493 e. The number of benzene rings is 4. The molecule has 1 saturated heterocycles. The van der Waals surface area contributed by atoms with E-state index >= 15 is 0 Å². The van der Waals surface area contributed by atoms with E-state index in [1.165, 1.54) is 19.1 Å². The first-order chi connectivity index (χ1) is 36.8. The Morgan fingerprint density at radius 1 is 0.558 bits per heavy atom. The number of likely N-dealkylation sites (N-methyl/N-ethyl adjacent to an activating group) is 1. The van der Waals surface area contributed by atoms with E-state index < -0.39 is 28.2 Å². The van der Waals surface area contributed by atoms with Gasteiger partial charge in [0.25, 0.3) is 23.6 Å². The van der Waals surface area contributed by atoms with Gasteiger partial charge in [-0.15, -0.1) is 0 Å². The Kier molecular flexibility index (Phi) is 16.6. The van der Waals surface area contributed by atoms with Crippen molar-refractivity contribution in [2.45, 2.75) is 82.7 Å². The van der Waals surface area contributed by atoms with E-state index in [0.29, 0.717) is 78.1 Å². The Morgan fingerprint density at radius 3 is 1.40 bits per heavy atom. The van der Waals surface area contributed by atoms with Crippen LogP contribution in [-0.4, -0.2) is 154 Å². The van der Waals surface area contributed by atoms with Gasteiger partial charge in [-0.1, -0.05) is 63.5 Å². The van der Waals surface area contributed by atoms with E-state index in [9.17, 15) is 19.2 Å². The molecule has 2 atom stereocenters. The quantitative estimate of drug-likeness (QED) is 0.0478. The van der Waals surface area contributed by atoms with Crippen LogP contribution in [0.5, 0.6) is 23.0 Å². The molecule has 17 nitrogen and oxygen atoms in total. The van der Waals surface area contributed by atoms with Crippen LogP contribution in [0.4, 0.5) is 22.7 Å². The number of fused-ring (bicyclic) bond motifs is 4. The van der Waals surface area contributed by atoms with Crippen molar-refractivity contribution in [3.05, 3.63) is 107 Å². The lowest BCUT2D eigenvalue weighted by molar-refractivity contribution is -0.123. The summed E-state index contributed by atoms with van der Waals surface area (Å²) >= 11 is 0. The van der Waals surface area contributed by atoms with Gasteiger partial charge < -0.3 is 53.8 Å². The zero-order valence-electron chi connectivity index (χ0n) is 46.2. The molecule has 0 aromatic heterocycles. The van der Waals surface area contributed by atoms with E-state index in [2.05, 4.69) is 80.4 Å². The molecule has 0 bridgehead atoms. The number of methoxy groups -OCH3 is 2. The number of ether oxygens (including phenoxy) is 6. The van der Waals surface area contributed by atoms with Crippen LogP contribution < -0.4 is 39.4 Å². The van der Waals surface area contributed by atoms with E-state index in [-0.39, 0.29) is 55.9 Å². The minimum absolute atomic E-state index is 0.0372. The third kappa shape index (κ3) is 12.4. The van der Waals surface area contributed by atoms with Crippen LogP contribution in [0.25, 0.3) is 11.1 Å². The number of hydrogen-bond donors (Lipinski definition) is 1. The lowest BCUT2D eigenvalue weighted by Crippen LogP contribution is -2.45. The average Bonchev–Trinajstić information content (AvgIpc) is 4.07. The Morgan fingerprint density at radius 2 is 0.987 bits per heavy atom. The summed E-state index contributed by atoms with van der Waals surface area (Å²) in [7, 11) is 2.26. The van der Waals surface area contributed by atoms with Gasteiger partial charge in [-0.3, -0.25) is 29.0 Å². The smallest absolute Gasteiger partial charge is 0.260 e. The summed E-state index contributed by atoms with van der Waals surface area (Å²) in [5, 5.41) is 0. The predicted molar refractivity (Wildman–Crippen MR) is 307 cm³/mol. The number of nitrogens with zero attached hydrogens (tertiary/aromatic N) is 6. The van der Waals surface area contributed by atoms with Crippen molar-refractivity contribution in [1.29, 1.82) is 0 Å². The van der Waals surface area contributed by atoms with E-state index in [4.69, 9.17) is 34.2 Å². The number of carbonyl (C=O) groups is 4. The fraction of sp³-hybridized carbons (Fsp3) is 0.448. The van der Waals surface area contributed by atoms with Crippen LogP contribution in [0.15, 0.2) is 85.2 Å². The summed E-state index contributed by atoms with van der Waals surface area (Å²) in [5.41, 5.74) is 12.7. The van der Waals surface area contributed by atoms with Gasteiger partial charge >= 0.3 is 0 Å². The molecule has 0 spiro atoms. The molecular formula is C58H75N7O10Si2. The monoisotopic (exact) mass is 1090 g/mol. The second-order valence-electron chi connectivity index (χ2n) is 23.0. The van der Waals surface area contributed by atoms with Crippen molar-refractivity contribution in [3.8, 4) is 23.0 Å². The summed E-state index contributed by atoms with van der Waals surface area (Å²) in [4.78, 5) is 69.5. The van der Waals surface area contributed by atoms with E-state index in [1.54, 1.807) is 57.3 Å². The summed E-state index contributed by atoms with van der Waals surface area (Å²) in [5.74, 6) is 0.155. The fourth-order valence-electron chi connectivity index (χ4n) is 10.1. The highest BCUT2D eigenvalue weighted by atomic mass is 28.3. The molecule has 9 rings (SSSR count). The molecule has 4 aromatic rings. The fourth-order valence-corrected chi connectivity index (χ4v) is 11.7. The predicted octanol–water partition coefficient (Wildman–Crippen LogP) is 8.71. The number of carbonyl (C=O) groups excluding carboxylic acids is 4. The number of nitrogens with two attached hydrogens (primary N) is 1. The lowest BCUT2D eigenvalue weighted by Gasteiger charge is -2.34. The highest BCUT2D eigenvalue weighted by Crippen LogP contribution is 2.44. The third-order valence-corrected chi connectivity index (χ3v) is 18.3. The molecule has 19 heteroatoms. The van der Waals surface area contributed by atoms with Crippen molar-refractivity contribution in [1.82, 2.24) is 14.7 Å². The maximum absolute atomic E-state index is 14.8. The molecule has 0 aliphatic carbocycles. The zero-order chi connectivity index (χ0) is 54.8. The molecule has 5 heterocycles. The van der Waals surface area contributed by atoms with Crippen LogP contribution >= 0.6 is 0 Å². The Labute approximate surface area is 455 Å². The number of nitrogen functional groups attached to an aromatic ring is 1. The molecule has 77 heavy (non-hydrogen) atoms. The number of rotatable bonds is 21. The molecule has 5 aliphatic rings. The SMILES string of the molecule is COc1cc2c(cc1OCCCOc1cc3c(cc1OC)C(=O)N1C=C(c4ccc(N5CCN(C)CC5)cc4)C[C@H]1C(=O)N3COCC[Si](C)(C)C)N(COCC[Si](C)(C)C)C(=O)[C@@H]1CC(c3ccc(N)cc3)=CN1C2=O. The molecule has 5 aliphatic heterocycles. The van der Waals surface area contributed by atoms with Crippen molar-refractivity contribution < 1.29 is 47.6 Å². The number of anilines is 4. The molecule has 0 unspecified atom stereocenters. The Balaban J connectivity index is 0.927. The molecule has 4 aromatic carbocycles. The standard InChI is InChI=1S/C58H75N7O10Si2/c1-60-19-21-61(22-20-60)44-17-13-40(14-18-44)42-30-50-58(69)65(38-73-26-28-77(7,8)9)48-34-54(52(71-3)32-46(48)56(67)63(50)36-42)75-24-10-23-74-53-33-47-45(31-51(53)70-2)55(66)62-35-41(39-11-15-43(59)16-12-39)29-49(62)57(68)64(47)37-72-25-27-76(4,5)6/h11-18,31-36,49-50H,10,19-30,37-38,59H2,1-9H3/t49-,50-/m0/s1. The highest BCUT2D eigenvalue weighted by molar-refractivity contribution is 6.76. The summed E-state index contributed by atoms with van der Waals surface area (Å²) in [6, 6.07) is 22.7. The number of amides is 4. The summed E-state index contributed by atoms with van der Waals surface area (Å²) < 4.78 is 36.9. The number of piperazine rings is 1. The second kappa shape index (κ2) is 23.1. The van der Waals surface area contributed by atoms with Gasteiger partial charge in [0.05, 0.1) is 49.9 Å². The molecular weight excluding hydrogens is 1010 g/mol. The molecule has 2 N–H and O–H groups in total. The maximum Gasteiger partial charge on any atom is 0.260 e. The second-order valence-corrected chi connectivity index (χ2v) is 34.2. The zero-order valence-corrected chi connectivity index (χ0v) is 48.2. The van der Waals surface area contributed by atoms with Crippen LogP contribution in [0, 0.1) is 0 Å². The van der Waals surface area contributed by atoms with Gasteiger partial charge in [0.1, 0.15) is 25.5 Å². The van der Waals surface area contributed by atoms with Crippen LogP contribution in [0.3, 0.4) is 0 Å². The van der Waals surface area contributed by atoms with Crippen molar-refractivity contribution in [2.75, 3.05) is 108 Å². The van der Waals surface area contributed by atoms with Gasteiger partial charge in [-0.2, -0.15) is 0 Å². The lowest BCUT2D eigenvalue weighted by atomic mass is 10.0. The highest BCUT2D eigenvalue weighted by Gasteiger charge is 2.45. The van der Waals surface area contributed by atoms with Crippen LogP contribution in [0.2, 0.25) is 51.4 Å². The van der Waals surface area contributed by atoms with Crippen LogP contribution in [-0.2, 0) is 19.1 Å². The van der Waals surface area contributed by atoms with Gasteiger partial charge in [0.2, 0.25) is 0 Å². The maximum atomic E-state index is 14.8. The van der Waals surface area contributed by atoms with Gasteiger partial charge in [0, 0.05) is 111 Å². The van der Waals surface area contributed by atoms with Crippen molar-refractivity contribution >= 4 is 73.7 Å². The first kappa shape index (κ1) is 55.1. The first-order valence-electron chi connectivity index (χ1n) is 26.8.